The van der Waals surface area contributed by atoms with Crippen LogP contribution in [0.3, 0.4) is 0 Å². The molecule has 0 aliphatic heterocycles. The summed E-state index contributed by atoms with van der Waals surface area (Å²) in [6, 6.07) is 0. The van der Waals surface area contributed by atoms with Gasteiger partial charge in [0.1, 0.15) is 0 Å². The van der Waals surface area contributed by atoms with Gasteiger partial charge in [0.25, 0.3) is 0 Å². The van der Waals surface area contributed by atoms with Gasteiger partial charge in [0.2, 0.25) is 5.39 Å². The Morgan fingerprint density at radius 3 is 1.89 bits per heavy atom. The fourth-order valence-corrected chi connectivity index (χ4v) is 0.128. The predicted molar refractivity (Wildman–Crippen MR) is 20.5 cm³/mol. The van der Waals surface area contributed by atoms with Crippen molar-refractivity contribution in [3.63, 3.8) is 0 Å². The lowest BCUT2D eigenvalue weighted by Crippen LogP contribution is -2.24. The van der Waals surface area contributed by atoms with Crippen molar-refractivity contribution in [2.24, 2.45) is 5.90 Å². The molecule has 2 N–H and O–H groups in total. The summed E-state index contributed by atoms with van der Waals surface area (Å²) in [5, 5.41) is 15.6. The largest absolute Gasteiger partial charge is 0.312 e. The molecular formula is C2H2N4O3. The number of nitrogens with two attached hydrogens (primary N) is 1. The van der Waals surface area contributed by atoms with Crippen LogP contribution in [0.4, 0.5) is 0 Å². The summed E-state index contributed by atoms with van der Waals surface area (Å²) in [6.07, 6.45) is 2.30. The van der Waals surface area contributed by atoms with Gasteiger partial charge in [-0.1, -0.05) is 0 Å². The average molecular weight is 130 g/mol. The first-order valence-electron chi connectivity index (χ1n) is 1.64. The van der Waals surface area contributed by atoms with Gasteiger partial charge in [0.15, 0.2) is 0 Å². The second-order valence-corrected chi connectivity index (χ2v) is 0.694. The standard InChI is InChI=1S/C2H2N4O3/c3-1-7-6(9-5)8-2-4/h5H2. The number of rotatable bonds is 3. The zero-order valence-corrected chi connectivity index (χ0v) is 4.14. The molecule has 0 aromatic carbocycles. The van der Waals surface area contributed by atoms with Crippen LogP contribution in [0.15, 0.2) is 0 Å². The molecule has 0 fully saturated rings. The van der Waals surface area contributed by atoms with E-state index in [1.165, 1.54) is 0 Å². The third-order valence-electron chi connectivity index (χ3n) is 0.317. The summed E-state index contributed by atoms with van der Waals surface area (Å²) in [6.45, 7) is 0. The van der Waals surface area contributed by atoms with Crippen LogP contribution in [0.25, 0.3) is 0 Å². The topological polar surface area (TPSA) is 105 Å². The van der Waals surface area contributed by atoms with Crippen LogP contribution in [-0.2, 0) is 14.6 Å². The maximum absolute atomic E-state index is 7.76. The first-order valence-corrected chi connectivity index (χ1v) is 1.64. The van der Waals surface area contributed by atoms with Crippen molar-refractivity contribution in [2.75, 3.05) is 0 Å². The normalized spacial score (nSPS) is 7.56. The Bertz CT molecular complexity index is 129. The van der Waals surface area contributed by atoms with Crippen LogP contribution in [0.5, 0.6) is 0 Å². The highest BCUT2D eigenvalue weighted by atomic mass is 17.2. The molecule has 48 valence electrons. The molecule has 0 amide bonds. The fraction of sp³-hybridized carbons (Fsp3) is 0. The number of nitriles is 2. The second-order valence-electron chi connectivity index (χ2n) is 0.694. The van der Waals surface area contributed by atoms with E-state index in [4.69, 9.17) is 10.5 Å². The number of hydrogen-bond acceptors (Lipinski definition) is 7. The van der Waals surface area contributed by atoms with E-state index >= 15 is 0 Å². The minimum atomic E-state index is 0.0417. The lowest BCUT2D eigenvalue weighted by Gasteiger charge is -2.04. The summed E-state index contributed by atoms with van der Waals surface area (Å²) < 4.78 is 0. The number of hydrogen-bond donors (Lipinski definition) is 1. The minimum Gasteiger partial charge on any atom is -0.263 e. The lowest BCUT2D eigenvalue weighted by atomic mass is 11.6. The fourth-order valence-electron chi connectivity index (χ4n) is 0.128. The molecule has 7 nitrogen and oxygen atoms in total. The van der Waals surface area contributed by atoms with Gasteiger partial charge in [-0.05, 0) is 0 Å². The van der Waals surface area contributed by atoms with Gasteiger partial charge in [-0.15, -0.1) is 15.5 Å². The highest BCUT2D eigenvalue weighted by Crippen LogP contribution is 1.85. The van der Waals surface area contributed by atoms with E-state index in [0.29, 0.717) is 0 Å². The zero-order valence-electron chi connectivity index (χ0n) is 4.14. The molecule has 0 bridgehead atoms. The summed E-state index contributed by atoms with van der Waals surface area (Å²) in [4.78, 5) is 11.2. The molecule has 0 unspecified atom stereocenters. The predicted octanol–water partition coefficient (Wildman–Crippen LogP) is -1.08. The van der Waals surface area contributed by atoms with Crippen LogP contribution < -0.4 is 5.90 Å². The van der Waals surface area contributed by atoms with Crippen molar-refractivity contribution in [1.82, 2.24) is 5.39 Å². The maximum Gasteiger partial charge on any atom is 0.312 e. The van der Waals surface area contributed by atoms with Crippen LogP contribution in [-0.4, -0.2) is 5.39 Å². The van der Waals surface area contributed by atoms with E-state index in [1.54, 1.807) is 0 Å². The van der Waals surface area contributed by atoms with Crippen molar-refractivity contribution in [1.29, 1.82) is 10.5 Å². The molecule has 0 rings (SSSR count). The van der Waals surface area contributed by atoms with Crippen molar-refractivity contribution in [3.05, 3.63) is 0 Å². The van der Waals surface area contributed by atoms with E-state index in [9.17, 15) is 0 Å². The van der Waals surface area contributed by atoms with Gasteiger partial charge >= 0.3 is 12.5 Å². The molecule has 0 spiro atoms. The lowest BCUT2D eigenvalue weighted by molar-refractivity contribution is -0.486. The van der Waals surface area contributed by atoms with Crippen molar-refractivity contribution in [3.8, 4) is 12.5 Å². The third kappa shape index (κ3) is 3.08. The van der Waals surface area contributed by atoms with Crippen LogP contribution in [0, 0.1) is 23.0 Å². The van der Waals surface area contributed by atoms with E-state index in [1.807, 2.05) is 0 Å². The molecule has 0 aromatic rings. The highest BCUT2D eigenvalue weighted by Gasteiger charge is 2.03. The molecule has 9 heavy (non-hydrogen) atoms. The van der Waals surface area contributed by atoms with Crippen LogP contribution >= 0.6 is 0 Å². The Labute approximate surface area is 50.1 Å². The SMILES string of the molecule is N#CON(ON)OC#N. The van der Waals surface area contributed by atoms with Crippen molar-refractivity contribution >= 4 is 0 Å². The Morgan fingerprint density at radius 2 is 1.67 bits per heavy atom. The molecule has 0 atom stereocenters. The van der Waals surface area contributed by atoms with E-state index < -0.39 is 0 Å². The quantitative estimate of drug-likeness (QED) is 0.382. The maximum atomic E-state index is 7.76. The first-order chi connectivity index (χ1) is 4.35. The Balaban J connectivity index is 3.47. The average Bonchev–Trinajstić information content (AvgIpc) is 1.88. The summed E-state index contributed by atoms with van der Waals surface area (Å²) in [7, 11) is 0. The molecule has 0 saturated heterocycles. The number of nitrogens with zero attached hydrogens (tertiary/aromatic N) is 3. The van der Waals surface area contributed by atoms with Crippen LogP contribution in [0.2, 0.25) is 0 Å². The van der Waals surface area contributed by atoms with E-state index in [2.05, 4.69) is 20.5 Å². The van der Waals surface area contributed by atoms with Crippen LogP contribution in [0.1, 0.15) is 0 Å². The zero-order chi connectivity index (χ0) is 7.11. The van der Waals surface area contributed by atoms with Gasteiger partial charge in [0.05, 0.1) is 0 Å². The highest BCUT2D eigenvalue weighted by molar-refractivity contribution is 4.42. The van der Waals surface area contributed by atoms with Crippen molar-refractivity contribution in [2.45, 2.75) is 0 Å². The molecule has 0 aliphatic carbocycles. The van der Waals surface area contributed by atoms with Gasteiger partial charge in [-0.2, -0.15) is 5.90 Å². The molecule has 0 radical (unpaired) electrons. The molecule has 0 heterocycles. The molecule has 7 heteroatoms. The summed E-state index contributed by atoms with van der Waals surface area (Å²) in [5.41, 5.74) is 0. The molecular weight excluding hydrogens is 128 g/mol. The summed E-state index contributed by atoms with van der Waals surface area (Å²) >= 11 is 0. The molecule has 0 saturated carbocycles. The third-order valence-corrected chi connectivity index (χ3v) is 0.317. The van der Waals surface area contributed by atoms with Crippen molar-refractivity contribution < 1.29 is 14.6 Å². The first kappa shape index (κ1) is 7.46. The monoisotopic (exact) mass is 130 g/mol. The van der Waals surface area contributed by atoms with E-state index in [0.717, 1.165) is 12.5 Å². The smallest absolute Gasteiger partial charge is 0.263 e. The minimum absolute atomic E-state index is 0.0417. The molecule has 0 aliphatic rings. The van der Waals surface area contributed by atoms with Gasteiger partial charge in [-0.3, -0.25) is 9.68 Å². The Morgan fingerprint density at radius 1 is 1.22 bits per heavy atom. The van der Waals surface area contributed by atoms with E-state index in [-0.39, 0.29) is 5.39 Å². The second kappa shape index (κ2) is 4.61. The van der Waals surface area contributed by atoms with Gasteiger partial charge in [0, 0.05) is 0 Å². The molecule has 0 aromatic heterocycles. The Hall–Kier alpha value is -1.54. The van der Waals surface area contributed by atoms with Gasteiger partial charge in [-0.25, -0.2) is 0 Å². The summed E-state index contributed by atoms with van der Waals surface area (Å²) in [5.74, 6) is 4.42. The Kier molecular flexibility index (Phi) is 3.83. The van der Waals surface area contributed by atoms with Gasteiger partial charge < -0.3 is 0 Å².